The molecule has 2 rings (SSSR count). The monoisotopic (exact) mass is 323 g/mol. The van der Waals surface area contributed by atoms with Gasteiger partial charge < -0.3 is 15.0 Å². The fourth-order valence-electron chi connectivity index (χ4n) is 2.76. The van der Waals surface area contributed by atoms with Crippen LogP contribution in [0.5, 0.6) is 0 Å². The number of ether oxygens (including phenoxy) is 1. The smallest absolute Gasteiger partial charge is 0.193 e. The maximum absolute atomic E-state index is 5.57. The average Bonchev–Trinajstić information content (AvgIpc) is 3.20. The van der Waals surface area contributed by atoms with E-state index < -0.39 is 0 Å². The van der Waals surface area contributed by atoms with E-state index in [9.17, 15) is 0 Å². The van der Waals surface area contributed by atoms with Gasteiger partial charge in [0.2, 0.25) is 0 Å². The Morgan fingerprint density at radius 3 is 3.09 bits per heavy atom. The summed E-state index contributed by atoms with van der Waals surface area (Å²) in [7, 11) is 0. The number of guanidine groups is 1. The van der Waals surface area contributed by atoms with Crippen LogP contribution in [0, 0.1) is 5.92 Å². The van der Waals surface area contributed by atoms with Crippen molar-refractivity contribution in [2.75, 3.05) is 39.4 Å². The van der Waals surface area contributed by atoms with Crippen molar-refractivity contribution in [2.45, 2.75) is 33.1 Å². The number of nitrogens with one attached hydrogen (secondary N) is 1. The van der Waals surface area contributed by atoms with Crippen LogP contribution in [0.4, 0.5) is 0 Å². The lowest BCUT2D eigenvalue weighted by Gasteiger charge is -2.22. The summed E-state index contributed by atoms with van der Waals surface area (Å²) in [5, 5.41) is 7.80. The first-order valence-electron chi connectivity index (χ1n) is 8.37. The maximum Gasteiger partial charge on any atom is 0.193 e. The quantitative estimate of drug-likeness (QED) is 0.618. The lowest BCUT2D eigenvalue weighted by atomic mass is 10.1. The van der Waals surface area contributed by atoms with E-state index in [1.54, 1.807) is 11.3 Å². The van der Waals surface area contributed by atoms with Crippen LogP contribution in [0.15, 0.2) is 21.8 Å². The minimum absolute atomic E-state index is 0.474. The van der Waals surface area contributed by atoms with E-state index >= 15 is 0 Å². The van der Waals surface area contributed by atoms with E-state index in [4.69, 9.17) is 9.73 Å². The second-order valence-electron chi connectivity index (χ2n) is 5.91. The summed E-state index contributed by atoms with van der Waals surface area (Å²) < 4.78 is 5.57. The highest BCUT2D eigenvalue weighted by Crippen LogP contribution is 2.20. The van der Waals surface area contributed by atoms with Gasteiger partial charge in [0.15, 0.2) is 5.96 Å². The zero-order valence-electron chi connectivity index (χ0n) is 14.0. The van der Waals surface area contributed by atoms with Crippen molar-refractivity contribution in [2.24, 2.45) is 10.9 Å². The molecule has 5 heteroatoms. The molecule has 1 aliphatic heterocycles. The molecular formula is C17H29N3OS. The molecule has 1 aromatic heterocycles. The molecule has 0 bridgehead atoms. The van der Waals surface area contributed by atoms with Crippen molar-refractivity contribution < 1.29 is 4.74 Å². The number of aliphatic imine (C=N–C) groups is 1. The highest BCUT2D eigenvalue weighted by Gasteiger charge is 2.24. The van der Waals surface area contributed by atoms with E-state index in [0.29, 0.717) is 11.8 Å². The molecule has 2 atom stereocenters. The van der Waals surface area contributed by atoms with Crippen LogP contribution < -0.4 is 5.32 Å². The molecule has 0 aromatic carbocycles. The highest BCUT2D eigenvalue weighted by molar-refractivity contribution is 7.07. The standard InChI is InChI=1S/C17H29N3OS/c1-4-18-17(19-10-14(3)16-7-9-22-13-16)20-8-6-15(11-20)12-21-5-2/h7,9,13-15H,4-6,8,10-12H2,1-3H3,(H,18,19). The lowest BCUT2D eigenvalue weighted by molar-refractivity contribution is 0.114. The fraction of sp³-hybridized carbons (Fsp3) is 0.706. The molecule has 0 aliphatic carbocycles. The summed E-state index contributed by atoms with van der Waals surface area (Å²) in [6.07, 6.45) is 1.20. The predicted molar refractivity (Wildman–Crippen MR) is 94.9 cm³/mol. The third kappa shape index (κ3) is 4.99. The molecule has 0 spiro atoms. The van der Waals surface area contributed by atoms with Gasteiger partial charge in [0.1, 0.15) is 0 Å². The molecule has 2 heterocycles. The van der Waals surface area contributed by atoms with Crippen LogP contribution in [0.25, 0.3) is 0 Å². The van der Waals surface area contributed by atoms with E-state index in [1.165, 1.54) is 12.0 Å². The van der Waals surface area contributed by atoms with Crippen molar-refractivity contribution in [3.8, 4) is 0 Å². The van der Waals surface area contributed by atoms with E-state index in [1.807, 2.05) is 0 Å². The maximum atomic E-state index is 5.57. The normalized spacial score (nSPS) is 20.4. The Balaban J connectivity index is 1.90. The van der Waals surface area contributed by atoms with Crippen LogP contribution in [0.2, 0.25) is 0 Å². The van der Waals surface area contributed by atoms with Crippen molar-refractivity contribution in [3.63, 3.8) is 0 Å². The molecule has 124 valence electrons. The van der Waals surface area contributed by atoms with Crippen molar-refractivity contribution >= 4 is 17.3 Å². The Hall–Kier alpha value is -1.07. The van der Waals surface area contributed by atoms with Crippen LogP contribution in [0.1, 0.15) is 38.7 Å². The zero-order chi connectivity index (χ0) is 15.8. The van der Waals surface area contributed by atoms with Gasteiger partial charge in [-0.25, -0.2) is 0 Å². The first-order chi connectivity index (χ1) is 10.7. The Morgan fingerprint density at radius 2 is 2.41 bits per heavy atom. The molecule has 22 heavy (non-hydrogen) atoms. The molecule has 1 aliphatic rings. The number of hydrogen-bond donors (Lipinski definition) is 1. The van der Waals surface area contributed by atoms with E-state index in [0.717, 1.165) is 45.4 Å². The second-order valence-corrected chi connectivity index (χ2v) is 6.69. The van der Waals surface area contributed by atoms with Gasteiger partial charge in [0, 0.05) is 44.6 Å². The fourth-order valence-corrected chi connectivity index (χ4v) is 3.54. The van der Waals surface area contributed by atoms with Crippen LogP contribution >= 0.6 is 11.3 Å². The largest absolute Gasteiger partial charge is 0.381 e. The molecular weight excluding hydrogens is 294 g/mol. The Bertz CT molecular complexity index is 447. The second kappa shape index (κ2) is 9.16. The molecule has 1 fully saturated rings. The number of thiophene rings is 1. The molecule has 1 N–H and O–H groups in total. The Morgan fingerprint density at radius 1 is 1.55 bits per heavy atom. The van der Waals surface area contributed by atoms with Crippen molar-refractivity contribution in [1.29, 1.82) is 0 Å². The third-order valence-corrected chi connectivity index (χ3v) is 4.81. The Kier molecular flexibility index (Phi) is 7.19. The van der Waals surface area contributed by atoms with Gasteiger partial charge in [-0.15, -0.1) is 0 Å². The van der Waals surface area contributed by atoms with Crippen LogP contribution in [0.3, 0.4) is 0 Å². The number of likely N-dealkylation sites (tertiary alicyclic amines) is 1. The Labute approximate surface area is 138 Å². The minimum atomic E-state index is 0.474. The lowest BCUT2D eigenvalue weighted by Crippen LogP contribution is -2.40. The molecule has 4 nitrogen and oxygen atoms in total. The number of hydrogen-bond acceptors (Lipinski definition) is 3. The van der Waals surface area contributed by atoms with Crippen molar-refractivity contribution in [3.05, 3.63) is 22.4 Å². The molecule has 0 radical (unpaired) electrons. The predicted octanol–water partition coefficient (Wildman–Crippen LogP) is 3.18. The van der Waals surface area contributed by atoms with Gasteiger partial charge in [-0.1, -0.05) is 6.92 Å². The summed E-state index contributed by atoms with van der Waals surface area (Å²) in [5.41, 5.74) is 1.39. The SMILES string of the molecule is CCNC(=NCC(C)c1ccsc1)N1CCC(COCC)C1. The van der Waals surface area contributed by atoms with Gasteiger partial charge in [-0.05, 0) is 42.7 Å². The van der Waals surface area contributed by atoms with Gasteiger partial charge >= 0.3 is 0 Å². The molecule has 1 aromatic rings. The van der Waals surface area contributed by atoms with Gasteiger partial charge in [0.25, 0.3) is 0 Å². The zero-order valence-corrected chi connectivity index (χ0v) is 14.9. The first kappa shape index (κ1) is 17.3. The van der Waals surface area contributed by atoms with Crippen molar-refractivity contribution in [1.82, 2.24) is 10.2 Å². The van der Waals surface area contributed by atoms with Gasteiger partial charge in [-0.2, -0.15) is 11.3 Å². The first-order valence-corrected chi connectivity index (χ1v) is 9.31. The van der Waals surface area contributed by atoms with E-state index in [-0.39, 0.29) is 0 Å². The van der Waals surface area contributed by atoms with Gasteiger partial charge in [-0.3, -0.25) is 4.99 Å². The van der Waals surface area contributed by atoms with Crippen LogP contribution in [-0.4, -0.2) is 50.3 Å². The van der Waals surface area contributed by atoms with E-state index in [2.05, 4.69) is 47.8 Å². The molecule has 1 saturated heterocycles. The summed E-state index contributed by atoms with van der Waals surface area (Å²) in [6.45, 7) is 12.0. The summed E-state index contributed by atoms with van der Waals surface area (Å²) >= 11 is 1.76. The third-order valence-electron chi connectivity index (χ3n) is 4.11. The topological polar surface area (TPSA) is 36.9 Å². The summed E-state index contributed by atoms with van der Waals surface area (Å²) in [5.74, 6) is 2.17. The molecule has 2 unspecified atom stereocenters. The summed E-state index contributed by atoms with van der Waals surface area (Å²) in [4.78, 5) is 7.24. The molecule has 0 amide bonds. The minimum Gasteiger partial charge on any atom is -0.381 e. The highest BCUT2D eigenvalue weighted by atomic mass is 32.1. The number of nitrogens with zero attached hydrogens (tertiary/aromatic N) is 2. The average molecular weight is 324 g/mol. The number of rotatable bonds is 7. The molecule has 0 saturated carbocycles. The van der Waals surface area contributed by atoms with Crippen LogP contribution in [-0.2, 0) is 4.74 Å². The van der Waals surface area contributed by atoms with Gasteiger partial charge in [0.05, 0.1) is 6.61 Å². The summed E-state index contributed by atoms with van der Waals surface area (Å²) in [6, 6.07) is 2.20.